The highest BCUT2D eigenvalue weighted by Crippen LogP contribution is 2.19. The van der Waals surface area contributed by atoms with Gasteiger partial charge in [0, 0.05) is 0 Å². The van der Waals surface area contributed by atoms with Crippen LogP contribution in [0.1, 0.15) is 40.5 Å². The van der Waals surface area contributed by atoms with Gasteiger partial charge in [0.25, 0.3) is 0 Å². The number of rotatable bonds is 3. The molecule has 0 aliphatic rings. The van der Waals surface area contributed by atoms with Crippen LogP contribution in [0.3, 0.4) is 0 Å². The quantitative estimate of drug-likeness (QED) is 0.615. The summed E-state index contributed by atoms with van der Waals surface area (Å²) in [6, 6.07) is 2.15. The minimum absolute atomic E-state index is 0.209. The molecule has 0 aromatic heterocycles. The highest BCUT2D eigenvalue weighted by molar-refractivity contribution is 5.03. The molecule has 1 radical (unpaired) electrons. The Bertz CT molecular complexity index is 219. The van der Waals surface area contributed by atoms with Crippen molar-refractivity contribution in [2.24, 2.45) is 10.2 Å². The van der Waals surface area contributed by atoms with Gasteiger partial charge in [0.15, 0.2) is 5.54 Å². The summed E-state index contributed by atoms with van der Waals surface area (Å²) < 4.78 is 0. The maximum atomic E-state index is 8.88. The van der Waals surface area contributed by atoms with Gasteiger partial charge in [-0.05, 0) is 40.5 Å². The smallest absolute Gasteiger partial charge is 0.164 e. The summed E-state index contributed by atoms with van der Waals surface area (Å²) in [7, 11) is 0. The molecule has 0 heterocycles. The molecular formula is C10H18N3. The Hall–Kier alpha value is -0.910. The first-order valence-electron chi connectivity index (χ1n) is 4.47. The molecule has 1 atom stereocenters. The van der Waals surface area contributed by atoms with Gasteiger partial charge in [-0.25, -0.2) is 0 Å². The summed E-state index contributed by atoms with van der Waals surface area (Å²) in [5.41, 5.74) is -0.908. The number of nitriles is 1. The van der Waals surface area contributed by atoms with Crippen molar-refractivity contribution < 1.29 is 0 Å². The summed E-state index contributed by atoms with van der Waals surface area (Å²) in [6.45, 7) is 11.4. The fraction of sp³-hybridized carbons (Fsp3) is 0.800. The highest BCUT2D eigenvalue weighted by atomic mass is 15.2. The van der Waals surface area contributed by atoms with E-state index in [0.717, 1.165) is 0 Å². The molecule has 0 aromatic carbocycles. The van der Waals surface area contributed by atoms with E-state index in [1.54, 1.807) is 6.92 Å². The van der Waals surface area contributed by atoms with Crippen LogP contribution in [0.15, 0.2) is 10.2 Å². The summed E-state index contributed by atoms with van der Waals surface area (Å²) in [6.07, 6.45) is 1.36. The van der Waals surface area contributed by atoms with E-state index in [4.69, 9.17) is 5.26 Å². The van der Waals surface area contributed by atoms with Gasteiger partial charge in [0.2, 0.25) is 0 Å². The van der Waals surface area contributed by atoms with E-state index in [1.807, 2.05) is 20.8 Å². The lowest BCUT2D eigenvalue weighted by molar-refractivity contribution is 0.459. The van der Waals surface area contributed by atoms with Crippen molar-refractivity contribution in [3.8, 4) is 6.07 Å². The molecule has 0 saturated heterocycles. The molecule has 1 unspecified atom stereocenters. The van der Waals surface area contributed by atoms with Crippen LogP contribution < -0.4 is 0 Å². The molecule has 0 saturated carbocycles. The maximum Gasteiger partial charge on any atom is 0.164 e. The molecule has 0 aliphatic carbocycles. The Morgan fingerprint density at radius 1 is 1.23 bits per heavy atom. The third-order valence-electron chi connectivity index (χ3n) is 1.48. The van der Waals surface area contributed by atoms with Gasteiger partial charge in [0.05, 0.1) is 11.6 Å². The Balaban J connectivity index is 4.46. The second-order valence-corrected chi connectivity index (χ2v) is 4.36. The molecule has 3 heteroatoms. The van der Waals surface area contributed by atoms with Crippen molar-refractivity contribution >= 4 is 0 Å². The lowest BCUT2D eigenvalue weighted by atomic mass is 10.00. The van der Waals surface area contributed by atoms with E-state index in [9.17, 15) is 0 Å². The van der Waals surface area contributed by atoms with Crippen LogP contribution in [0.25, 0.3) is 0 Å². The van der Waals surface area contributed by atoms with E-state index in [-0.39, 0.29) is 5.54 Å². The third-order valence-corrected chi connectivity index (χ3v) is 1.48. The summed E-state index contributed by atoms with van der Waals surface area (Å²) >= 11 is 0. The van der Waals surface area contributed by atoms with Crippen molar-refractivity contribution in [1.29, 1.82) is 5.26 Å². The van der Waals surface area contributed by atoms with Crippen LogP contribution in [0.2, 0.25) is 0 Å². The van der Waals surface area contributed by atoms with Gasteiger partial charge in [-0.2, -0.15) is 15.5 Å². The predicted molar refractivity (Wildman–Crippen MR) is 53.2 cm³/mol. The summed E-state index contributed by atoms with van der Waals surface area (Å²) in [5.74, 6) is 0. The Morgan fingerprint density at radius 2 is 1.77 bits per heavy atom. The molecule has 73 valence electrons. The molecule has 0 aromatic rings. The first-order chi connectivity index (χ1) is 5.83. The van der Waals surface area contributed by atoms with Crippen LogP contribution in [-0.2, 0) is 0 Å². The molecule has 3 nitrogen and oxygen atoms in total. The highest BCUT2D eigenvalue weighted by Gasteiger charge is 2.22. The molecular weight excluding hydrogens is 162 g/mol. The average Bonchev–Trinajstić information content (AvgIpc) is 2.01. The van der Waals surface area contributed by atoms with Gasteiger partial charge in [-0.1, -0.05) is 6.92 Å². The zero-order valence-electron chi connectivity index (χ0n) is 8.96. The maximum absolute atomic E-state index is 8.88. The molecule has 0 amide bonds. The van der Waals surface area contributed by atoms with Gasteiger partial charge >= 0.3 is 0 Å². The molecule has 0 spiro atoms. The number of nitrogens with zero attached hydrogens (tertiary/aromatic N) is 3. The van der Waals surface area contributed by atoms with Gasteiger partial charge < -0.3 is 0 Å². The number of hydrogen-bond acceptors (Lipinski definition) is 3. The topological polar surface area (TPSA) is 48.5 Å². The molecule has 0 bridgehead atoms. The fourth-order valence-electron chi connectivity index (χ4n) is 0.733. The second kappa shape index (κ2) is 4.36. The summed E-state index contributed by atoms with van der Waals surface area (Å²) in [4.78, 5) is 0. The van der Waals surface area contributed by atoms with Crippen molar-refractivity contribution in [3.63, 3.8) is 0 Å². The zero-order valence-corrected chi connectivity index (χ0v) is 8.96. The molecule has 13 heavy (non-hydrogen) atoms. The molecule has 0 rings (SSSR count). The zero-order chi connectivity index (χ0) is 10.5. The monoisotopic (exact) mass is 180 g/mol. The van der Waals surface area contributed by atoms with Crippen LogP contribution in [-0.4, -0.2) is 11.1 Å². The number of azo groups is 1. The Morgan fingerprint density at radius 3 is 2.08 bits per heavy atom. The van der Waals surface area contributed by atoms with E-state index >= 15 is 0 Å². The minimum Gasteiger partial charge on any atom is -0.196 e. The van der Waals surface area contributed by atoms with Gasteiger partial charge in [-0.15, -0.1) is 0 Å². The SMILES string of the molecule is [CH2]CCC(C)(C#N)N=NC(C)(C)C. The summed E-state index contributed by atoms with van der Waals surface area (Å²) in [5, 5.41) is 17.0. The van der Waals surface area contributed by atoms with Crippen LogP contribution in [0, 0.1) is 18.3 Å². The molecule has 0 N–H and O–H groups in total. The van der Waals surface area contributed by atoms with E-state index in [1.165, 1.54) is 0 Å². The van der Waals surface area contributed by atoms with Crippen molar-refractivity contribution in [2.45, 2.75) is 51.6 Å². The average molecular weight is 180 g/mol. The van der Waals surface area contributed by atoms with Crippen LogP contribution in [0.4, 0.5) is 0 Å². The van der Waals surface area contributed by atoms with Gasteiger partial charge in [0.1, 0.15) is 0 Å². The third kappa shape index (κ3) is 5.35. The van der Waals surface area contributed by atoms with Crippen molar-refractivity contribution in [3.05, 3.63) is 6.92 Å². The minimum atomic E-state index is -0.699. The van der Waals surface area contributed by atoms with Crippen LogP contribution >= 0.6 is 0 Å². The second-order valence-electron chi connectivity index (χ2n) is 4.36. The van der Waals surface area contributed by atoms with E-state index in [2.05, 4.69) is 23.2 Å². The largest absolute Gasteiger partial charge is 0.196 e. The molecule has 0 aliphatic heterocycles. The predicted octanol–water partition coefficient (Wildman–Crippen LogP) is 3.13. The van der Waals surface area contributed by atoms with Crippen LogP contribution in [0.5, 0.6) is 0 Å². The normalized spacial score (nSPS) is 16.9. The van der Waals surface area contributed by atoms with Crippen molar-refractivity contribution in [2.75, 3.05) is 0 Å². The van der Waals surface area contributed by atoms with Gasteiger partial charge in [-0.3, -0.25) is 0 Å². The Labute approximate surface area is 80.9 Å². The van der Waals surface area contributed by atoms with Crippen molar-refractivity contribution in [1.82, 2.24) is 0 Å². The lowest BCUT2D eigenvalue weighted by Crippen LogP contribution is -2.20. The Kier molecular flexibility index (Phi) is 4.06. The first-order valence-corrected chi connectivity index (χ1v) is 4.47. The van der Waals surface area contributed by atoms with E-state index in [0.29, 0.717) is 12.8 Å². The fourth-order valence-corrected chi connectivity index (χ4v) is 0.733. The van der Waals surface area contributed by atoms with E-state index < -0.39 is 5.54 Å². The number of hydrogen-bond donors (Lipinski definition) is 0. The standard InChI is InChI=1S/C10H18N3/c1-6-7-10(5,8-11)13-12-9(2,3)4/h1,6-7H2,2-5H3. The molecule has 0 fully saturated rings. The first kappa shape index (κ1) is 12.1. The lowest BCUT2D eigenvalue weighted by Gasteiger charge is -2.17.